The molecule has 2 rings (SSSR count). The first-order valence-corrected chi connectivity index (χ1v) is 6.82. The zero-order valence-corrected chi connectivity index (χ0v) is 12.9. The summed E-state index contributed by atoms with van der Waals surface area (Å²) >= 11 is 0. The molecule has 0 spiro atoms. The van der Waals surface area contributed by atoms with Crippen LogP contribution >= 0.6 is 0 Å². The molecule has 2 aromatic rings. The maximum Gasteiger partial charge on any atom is 0.122 e. The summed E-state index contributed by atoms with van der Waals surface area (Å²) in [5, 5.41) is 0. The van der Waals surface area contributed by atoms with Crippen molar-refractivity contribution in [1.29, 1.82) is 0 Å². The van der Waals surface area contributed by atoms with Gasteiger partial charge in [-0.2, -0.15) is 0 Å². The van der Waals surface area contributed by atoms with Crippen LogP contribution in [0.2, 0.25) is 0 Å². The van der Waals surface area contributed by atoms with E-state index in [0.717, 1.165) is 23.5 Å². The van der Waals surface area contributed by atoms with Crippen molar-refractivity contribution in [2.75, 3.05) is 14.2 Å². The lowest BCUT2D eigenvalue weighted by molar-refractivity contribution is 0.399. The highest BCUT2D eigenvalue weighted by Crippen LogP contribution is 2.28. The molecule has 0 radical (unpaired) electrons. The van der Waals surface area contributed by atoms with Crippen molar-refractivity contribution in [3.63, 3.8) is 0 Å². The Morgan fingerprint density at radius 1 is 0.750 bits per heavy atom. The van der Waals surface area contributed by atoms with Crippen LogP contribution in [-0.2, 0) is 6.42 Å². The minimum absolute atomic E-state index is 0.854. The van der Waals surface area contributed by atoms with Gasteiger partial charge in [0.05, 0.1) is 14.2 Å². The third-order valence-electron chi connectivity index (χ3n) is 3.82. The van der Waals surface area contributed by atoms with Crippen molar-refractivity contribution in [3.8, 4) is 11.5 Å². The van der Waals surface area contributed by atoms with E-state index in [9.17, 15) is 0 Å². The highest BCUT2D eigenvalue weighted by Gasteiger charge is 2.09. The largest absolute Gasteiger partial charge is 0.497 e. The Balaban J connectivity index is 2.41. The summed E-state index contributed by atoms with van der Waals surface area (Å²) < 4.78 is 10.8. The summed E-state index contributed by atoms with van der Waals surface area (Å²) in [5.41, 5.74) is 6.46. The van der Waals surface area contributed by atoms with Crippen molar-refractivity contribution < 1.29 is 9.47 Å². The Labute approximate surface area is 121 Å². The van der Waals surface area contributed by atoms with Crippen LogP contribution in [0, 0.1) is 20.8 Å². The summed E-state index contributed by atoms with van der Waals surface area (Å²) in [7, 11) is 3.39. The average Bonchev–Trinajstić information content (AvgIpc) is 2.44. The molecule has 2 nitrogen and oxygen atoms in total. The fourth-order valence-corrected chi connectivity index (χ4v) is 2.44. The Hall–Kier alpha value is -1.96. The SMILES string of the molecule is COc1ccc(OC)c(Cc2cc(C)c(C)cc2C)c1. The average molecular weight is 270 g/mol. The quantitative estimate of drug-likeness (QED) is 0.828. The second-order valence-corrected chi connectivity index (χ2v) is 5.22. The van der Waals surface area contributed by atoms with Gasteiger partial charge in [-0.25, -0.2) is 0 Å². The highest BCUT2D eigenvalue weighted by molar-refractivity contribution is 5.46. The first kappa shape index (κ1) is 14.4. The normalized spacial score (nSPS) is 10.4. The third-order valence-corrected chi connectivity index (χ3v) is 3.82. The van der Waals surface area contributed by atoms with Crippen molar-refractivity contribution in [2.24, 2.45) is 0 Å². The smallest absolute Gasteiger partial charge is 0.122 e. The van der Waals surface area contributed by atoms with Crippen LogP contribution in [0.5, 0.6) is 11.5 Å². The molecule has 0 aromatic heterocycles. The van der Waals surface area contributed by atoms with E-state index in [1.54, 1.807) is 14.2 Å². The van der Waals surface area contributed by atoms with E-state index < -0.39 is 0 Å². The molecule has 20 heavy (non-hydrogen) atoms. The molecule has 0 amide bonds. The van der Waals surface area contributed by atoms with E-state index in [1.807, 2.05) is 18.2 Å². The number of rotatable bonds is 4. The number of hydrogen-bond acceptors (Lipinski definition) is 2. The molecule has 2 aromatic carbocycles. The predicted octanol–water partition coefficient (Wildman–Crippen LogP) is 4.22. The molecular formula is C18H22O2. The summed E-state index contributed by atoms with van der Waals surface area (Å²) in [5.74, 6) is 1.77. The number of benzene rings is 2. The predicted molar refractivity (Wildman–Crippen MR) is 83.0 cm³/mol. The van der Waals surface area contributed by atoms with Crippen LogP contribution in [0.15, 0.2) is 30.3 Å². The first-order valence-electron chi connectivity index (χ1n) is 6.82. The topological polar surface area (TPSA) is 18.5 Å². The monoisotopic (exact) mass is 270 g/mol. The van der Waals surface area contributed by atoms with E-state index in [-0.39, 0.29) is 0 Å². The van der Waals surface area contributed by atoms with Gasteiger partial charge in [0.25, 0.3) is 0 Å². The van der Waals surface area contributed by atoms with Crippen molar-refractivity contribution in [2.45, 2.75) is 27.2 Å². The van der Waals surface area contributed by atoms with Gasteiger partial charge in [-0.05, 0) is 61.2 Å². The van der Waals surface area contributed by atoms with E-state index in [0.29, 0.717) is 0 Å². The molecule has 0 heterocycles. The van der Waals surface area contributed by atoms with E-state index in [2.05, 4.69) is 32.9 Å². The Morgan fingerprint density at radius 3 is 2.10 bits per heavy atom. The molecule has 0 unspecified atom stereocenters. The molecule has 0 saturated heterocycles. The highest BCUT2D eigenvalue weighted by atomic mass is 16.5. The van der Waals surface area contributed by atoms with Crippen molar-refractivity contribution >= 4 is 0 Å². The lowest BCUT2D eigenvalue weighted by atomic mass is 9.95. The maximum atomic E-state index is 5.46. The molecule has 0 aliphatic rings. The number of methoxy groups -OCH3 is 2. The summed E-state index contributed by atoms with van der Waals surface area (Å²) in [6.07, 6.45) is 0.854. The van der Waals surface area contributed by atoms with Crippen LogP contribution in [0.1, 0.15) is 27.8 Å². The fraction of sp³-hybridized carbons (Fsp3) is 0.333. The van der Waals surface area contributed by atoms with Gasteiger partial charge in [-0.15, -0.1) is 0 Å². The van der Waals surface area contributed by atoms with Gasteiger partial charge in [0.1, 0.15) is 11.5 Å². The molecule has 0 aliphatic heterocycles. The Morgan fingerprint density at radius 2 is 1.45 bits per heavy atom. The lowest BCUT2D eigenvalue weighted by Crippen LogP contribution is -1.98. The molecule has 106 valence electrons. The maximum absolute atomic E-state index is 5.46. The summed E-state index contributed by atoms with van der Waals surface area (Å²) in [6.45, 7) is 6.47. The molecule has 0 saturated carbocycles. The molecule has 0 aliphatic carbocycles. The Kier molecular flexibility index (Phi) is 4.33. The van der Waals surface area contributed by atoms with Gasteiger partial charge in [0.2, 0.25) is 0 Å². The van der Waals surface area contributed by atoms with Crippen LogP contribution in [0.4, 0.5) is 0 Å². The summed E-state index contributed by atoms with van der Waals surface area (Å²) in [6, 6.07) is 10.5. The molecule has 0 bridgehead atoms. The number of ether oxygens (including phenoxy) is 2. The molecule has 0 atom stereocenters. The molecule has 2 heteroatoms. The minimum atomic E-state index is 0.854. The second-order valence-electron chi connectivity index (χ2n) is 5.22. The first-order chi connectivity index (χ1) is 9.55. The number of hydrogen-bond donors (Lipinski definition) is 0. The van der Waals surface area contributed by atoms with Gasteiger partial charge in [0, 0.05) is 12.0 Å². The van der Waals surface area contributed by atoms with Gasteiger partial charge in [-0.3, -0.25) is 0 Å². The zero-order valence-electron chi connectivity index (χ0n) is 12.9. The fourth-order valence-electron chi connectivity index (χ4n) is 2.44. The second kappa shape index (κ2) is 6.00. The summed E-state index contributed by atoms with van der Waals surface area (Å²) in [4.78, 5) is 0. The van der Waals surface area contributed by atoms with Gasteiger partial charge in [0.15, 0.2) is 0 Å². The van der Waals surface area contributed by atoms with E-state index in [4.69, 9.17) is 9.47 Å². The van der Waals surface area contributed by atoms with Crippen molar-refractivity contribution in [1.82, 2.24) is 0 Å². The van der Waals surface area contributed by atoms with Gasteiger partial charge in [-0.1, -0.05) is 12.1 Å². The molecular weight excluding hydrogens is 248 g/mol. The molecule has 0 fully saturated rings. The standard InChI is InChI=1S/C18H22O2/c1-12-8-14(3)15(9-13(12)2)10-16-11-17(19-4)6-7-18(16)20-5/h6-9,11H,10H2,1-5H3. The number of aryl methyl sites for hydroxylation is 3. The zero-order chi connectivity index (χ0) is 14.7. The van der Waals surface area contributed by atoms with Crippen LogP contribution in [-0.4, -0.2) is 14.2 Å². The van der Waals surface area contributed by atoms with Gasteiger partial charge >= 0.3 is 0 Å². The lowest BCUT2D eigenvalue weighted by Gasteiger charge is -2.13. The van der Waals surface area contributed by atoms with Crippen molar-refractivity contribution in [3.05, 3.63) is 58.1 Å². The molecule has 0 N–H and O–H groups in total. The van der Waals surface area contributed by atoms with Crippen LogP contribution in [0.3, 0.4) is 0 Å². The van der Waals surface area contributed by atoms with Gasteiger partial charge < -0.3 is 9.47 Å². The van der Waals surface area contributed by atoms with Crippen LogP contribution in [0.25, 0.3) is 0 Å². The van der Waals surface area contributed by atoms with E-state index in [1.165, 1.54) is 22.3 Å². The van der Waals surface area contributed by atoms with E-state index >= 15 is 0 Å². The third kappa shape index (κ3) is 2.96. The minimum Gasteiger partial charge on any atom is -0.497 e. The Bertz CT molecular complexity index is 615. The van der Waals surface area contributed by atoms with Crippen LogP contribution < -0.4 is 9.47 Å².